The first-order valence-corrected chi connectivity index (χ1v) is 8.10. The van der Waals surface area contributed by atoms with E-state index in [1.54, 1.807) is 12.1 Å². The van der Waals surface area contributed by atoms with Crippen LogP contribution in [0.5, 0.6) is 0 Å². The SMILES string of the molecule is CN(C)c1ccc(NC(=O)CCN2C(=O)c3cccc(F)c3C2=O)cc1. The summed E-state index contributed by atoms with van der Waals surface area (Å²) in [6, 6.07) is 11.2. The summed E-state index contributed by atoms with van der Waals surface area (Å²) in [6.07, 6.45) is -0.0669. The Morgan fingerprint density at radius 2 is 1.77 bits per heavy atom. The maximum absolute atomic E-state index is 13.8. The summed E-state index contributed by atoms with van der Waals surface area (Å²) in [6.45, 7) is -0.104. The summed E-state index contributed by atoms with van der Waals surface area (Å²) >= 11 is 0. The molecule has 1 heterocycles. The average Bonchev–Trinajstić information content (AvgIpc) is 2.85. The van der Waals surface area contributed by atoms with Crippen molar-refractivity contribution in [1.29, 1.82) is 0 Å². The van der Waals surface area contributed by atoms with Crippen LogP contribution in [0.3, 0.4) is 0 Å². The molecular weight excluding hydrogens is 337 g/mol. The number of halogens is 1. The fourth-order valence-corrected chi connectivity index (χ4v) is 2.78. The Hall–Kier alpha value is -3.22. The molecular formula is C19H18FN3O3. The number of amides is 3. The third kappa shape index (κ3) is 3.28. The maximum Gasteiger partial charge on any atom is 0.264 e. The van der Waals surface area contributed by atoms with Gasteiger partial charge in [0.1, 0.15) is 5.82 Å². The van der Waals surface area contributed by atoms with Crippen molar-refractivity contribution >= 4 is 29.1 Å². The van der Waals surface area contributed by atoms with Crippen LogP contribution in [-0.2, 0) is 4.79 Å². The lowest BCUT2D eigenvalue weighted by atomic mass is 10.1. The molecule has 2 aromatic rings. The van der Waals surface area contributed by atoms with Crippen molar-refractivity contribution in [2.24, 2.45) is 0 Å². The Bertz CT molecular complexity index is 878. The second-order valence-corrected chi connectivity index (χ2v) is 6.16. The maximum atomic E-state index is 13.8. The number of carbonyl (C=O) groups is 3. The molecule has 134 valence electrons. The van der Waals surface area contributed by atoms with Crippen LogP contribution in [0.15, 0.2) is 42.5 Å². The van der Waals surface area contributed by atoms with Gasteiger partial charge in [-0.05, 0) is 36.4 Å². The quantitative estimate of drug-likeness (QED) is 0.837. The monoisotopic (exact) mass is 355 g/mol. The van der Waals surface area contributed by atoms with Crippen LogP contribution in [-0.4, -0.2) is 43.3 Å². The molecule has 3 rings (SSSR count). The van der Waals surface area contributed by atoms with E-state index in [1.165, 1.54) is 12.1 Å². The van der Waals surface area contributed by atoms with Crippen LogP contribution < -0.4 is 10.2 Å². The van der Waals surface area contributed by atoms with Gasteiger partial charge in [-0.25, -0.2) is 4.39 Å². The molecule has 0 aliphatic carbocycles. The highest BCUT2D eigenvalue weighted by molar-refractivity contribution is 6.21. The highest BCUT2D eigenvalue weighted by Gasteiger charge is 2.37. The van der Waals surface area contributed by atoms with Crippen molar-refractivity contribution in [3.05, 3.63) is 59.4 Å². The van der Waals surface area contributed by atoms with Gasteiger partial charge in [0, 0.05) is 38.4 Å². The van der Waals surface area contributed by atoms with Gasteiger partial charge in [0.2, 0.25) is 5.91 Å². The number of fused-ring (bicyclic) bond motifs is 1. The number of hydrogen-bond donors (Lipinski definition) is 1. The molecule has 0 saturated heterocycles. The first-order chi connectivity index (χ1) is 12.4. The van der Waals surface area contributed by atoms with Gasteiger partial charge in [0.05, 0.1) is 11.1 Å². The summed E-state index contributed by atoms with van der Waals surface area (Å²) in [5.41, 5.74) is 1.43. The number of nitrogens with one attached hydrogen (secondary N) is 1. The van der Waals surface area contributed by atoms with Gasteiger partial charge >= 0.3 is 0 Å². The summed E-state index contributed by atoms with van der Waals surface area (Å²) in [5, 5.41) is 2.71. The lowest BCUT2D eigenvalue weighted by molar-refractivity contribution is -0.116. The van der Waals surface area contributed by atoms with Gasteiger partial charge < -0.3 is 10.2 Å². The second-order valence-electron chi connectivity index (χ2n) is 6.16. The normalized spacial score (nSPS) is 13.0. The predicted octanol–water partition coefficient (Wildman–Crippen LogP) is 2.52. The standard InChI is InChI=1S/C19H18FN3O3/c1-22(2)13-8-6-12(7-9-13)21-16(24)10-11-23-18(25)14-4-3-5-15(20)17(14)19(23)26/h3-9H,10-11H2,1-2H3,(H,21,24). The molecule has 1 N–H and O–H groups in total. The highest BCUT2D eigenvalue weighted by Crippen LogP contribution is 2.25. The molecule has 0 bridgehead atoms. The van der Waals surface area contributed by atoms with Crippen molar-refractivity contribution < 1.29 is 18.8 Å². The molecule has 1 aliphatic heterocycles. The summed E-state index contributed by atoms with van der Waals surface area (Å²) in [4.78, 5) is 39.4. The summed E-state index contributed by atoms with van der Waals surface area (Å²) in [7, 11) is 3.83. The van der Waals surface area contributed by atoms with Gasteiger partial charge in [-0.2, -0.15) is 0 Å². The molecule has 0 unspecified atom stereocenters. The van der Waals surface area contributed by atoms with E-state index < -0.39 is 17.6 Å². The smallest absolute Gasteiger partial charge is 0.264 e. The van der Waals surface area contributed by atoms with E-state index in [9.17, 15) is 18.8 Å². The van der Waals surface area contributed by atoms with Crippen LogP contribution in [0.2, 0.25) is 0 Å². The molecule has 3 amide bonds. The summed E-state index contributed by atoms with van der Waals surface area (Å²) < 4.78 is 13.8. The molecule has 0 atom stereocenters. The molecule has 26 heavy (non-hydrogen) atoms. The summed E-state index contributed by atoms with van der Waals surface area (Å²) in [5.74, 6) is -2.34. The molecule has 2 aromatic carbocycles. The molecule has 0 aromatic heterocycles. The minimum Gasteiger partial charge on any atom is -0.378 e. The zero-order valence-electron chi connectivity index (χ0n) is 14.5. The van der Waals surface area contributed by atoms with Crippen LogP contribution in [0.1, 0.15) is 27.1 Å². The van der Waals surface area contributed by atoms with E-state index in [0.717, 1.165) is 16.7 Å². The van der Waals surface area contributed by atoms with Crippen molar-refractivity contribution in [2.75, 3.05) is 30.9 Å². The number of rotatable bonds is 5. The van der Waals surface area contributed by atoms with E-state index in [0.29, 0.717) is 5.69 Å². The first-order valence-electron chi connectivity index (χ1n) is 8.10. The van der Waals surface area contributed by atoms with Crippen LogP contribution >= 0.6 is 0 Å². The number of anilines is 2. The Balaban J connectivity index is 1.61. The van der Waals surface area contributed by atoms with Gasteiger partial charge in [-0.15, -0.1) is 0 Å². The molecule has 0 fully saturated rings. The van der Waals surface area contributed by atoms with Gasteiger partial charge in [0.25, 0.3) is 11.8 Å². The molecule has 0 radical (unpaired) electrons. The van der Waals surface area contributed by atoms with E-state index >= 15 is 0 Å². The van der Waals surface area contributed by atoms with E-state index in [2.05, 4.69) is 5.32 Å². The van der Waals surface area contributed by atoms with Crippen molar-refractivity contribution in [3.8, 4) is 0 Å². The Kier molecular flexibility index (Phi) is 4.71. The Morgan fingerprint density at radius 3 is 2.38 bits per heavy atom. The number of benzene rings is 2. The van der Waals surface area contributed by atoms with Crippen LogP contribution in [0.4, 0.5) is 15.8 Å². The number of imide groups is 1. The third-order valence-electron chi connectivity index (χ3n) is 4.18. The molecule has 6 nitrogen and oxygen atoms in total. The third-order valence-corrected chi connectivity index (χ3v) is 4.18. The Labute approximate surface area is 150 Å². The number of nitrogens with zero attached hydrogens (tertiary/aromatic N) is 2. The second kappa shape index (κ2) is 6.95. The molecule has 0 saturated carbocycles. The average molecular weight is 355 g/mol. The minimum atomic E-state index is -0.728. The van der Waals surface area contributed by atoms with Crippen LogP contribution in [0, 0.1) is 5.82 Å². The largest absolute Gasteiger partial charge is 0.378 e. The van der Waals surface area contributed by atoms with Crippen LogP contribution in [0.25, 0.3) is 0 Å². The van der Waals surface area contributed by atoms with Crippen molar-refractivity contribution in [3.63, 3.8) is 0 Å². The lowest BCUT2D eigenvalue weighted by Gasteiger charge is -2.14. The molecule has 7 heteroatoms. The predicted molar refractivity (Wildman–Crippen MR) is 95.8 cm³/mol. The first kappa shape index (κ1) is 17.6. The minimum absolute atomic E-state index is 0.0367. The fourth-order valence-electron chi connectivity index (χ4n) is 2.78. The topological polar surface area (TPSA) is 69.7 Å². The van der Waals surface area contributed by atoms with Crippen molar-refractivity contribution in [2.45, 2.75) is 6.42 Å². The van der Waals surface area contributed by atoms with E-state index in [-0.39, 0.29) is 30.0 Å². The zero-order chi connectivity index (χ0) is 18.8. The van der Waals surface area contributed by atoms with Crippen molar-refractivity contribution in [1.82, 2.24) is 4.90 Å². The molecule has 0 spiro atoms. The lowest BCUT2D eigenvalue weighted by Crippen LogP contribution is -2.33. The number of hydrogen-bond acceptors (Lipinski definition) is 4. The Morgan fingerprint density at radius 1 is 1.08 bits per heavy atom. The zero-order valence-corrected chi connectivity index (χ0v) is 14.5. The number of carbonyl (C=O) groups excluding carboxylic acids is 3. The van der Waals surface area contributed by atoms with E-state index in [1.807, 2.05) is 31.1 Å². The van der Waals surface area contributed by atoms with Gasteiger partial charge in [0.15, 0.2) is 0 Å². The van der Waals surface area contributed by atoms with Gasteiger partial charge in [-0.3, -0.25) is 19.3 Å². The molecule has 1 aliphatic rings. The van der Waals surface area contributed by atoms with Gasteiger partial charge in [-0.1, -0.05) is 6.07 Å². The highest BCUT2D eigenvalue weighted by atomic mass is 19.1. The fraction of sp³-hybridized carbons (Fsp3) is 0.211. The van der Waals surface area contributed by atoms with E-state index in [4.69, 9.17) is 0 Å².